The molecule has 70 valence electrons. The number of rotatable bonds is 3. The van der Waals surface area contributed by atoms with Crippen LogP contribution >= 0.6 is 11.8 Å². The zero-order chi connectivity index (χ0) is 9.14. The first-order valence-corrected chi connectivity index (χ1v) is 6.92. The predicted octanol–water partition coefficient (Wildman–Crippen LogP) is 1.42. The zero-order valence-corrected chi connectivity index (χ0v) is 9.04. The lowest BCUT2D eigenvalue weighted by Gasteiger charge is -2.17. The van der Waals surface area contributed by atoms with Crippen molar-refractivity contribution in [1.82, 2.24) is 0 Å². The number of Topliss-reactive ketones (excluding diaryl/α,β-unsaturated/α-hetero) is 1. The Morgan fingerprint density at radius 1 is 1.67 bits per heavy atom. The Morgan fingerprint density at radius 3 is 2.67 bits per heavy atom. The largest absolute Gasteiger partial charge is 0.300 e. The van der Waals surface area contributed by atoms with E-state index in [9.17, 15) is 9.00 Å². The average Bonchev–Trinajstić information content (AvgIpc) is 2.37. The summed E-state index contributed by atoms with van der Waals surface area (Å²) < 4.78 is 11.4. The lowest BCUT2D eigenvalue weighted by molar-refractivity contribution is -0.117. The van der Waals surface area contributed by atoms with Crippen LogP contribution in [0.1, 0.15) is 19.3 Å². The Hall–Kier alpha value is 0.170. The van der Waals surface area contributed by atoms with Gasteiger partial charge >= 0.3 is 0 Å². The van der Waals surface area contributed by atoms with Crippen LogP contribution in [0.15, 0.2) is 0 Å². The third-order valence-corrected chi connectivity index (χ3v) is 5.51. The quantitative estimate of drug-likeness (QED) is 0.700. The summed E-state index contributed by atoms with van der Waals surface area (Å²) in [6.07, 6.45) is 5.97. The van der Waals surface area contributed by atoms with Crippen LogP contribution in [0.2, 0.25) is 0 Å². The predicted molar refractivity (Wildman–Crippen MR) is 53.7 cm³/mol. The molecule has 0 amide bonds. The molecule has 0 radical (unpaired) electrons. The molecule has 2 nitrogen and oxygen atoms in total. The van der Waals surface area contributed by atoms with Crippen molar-refractivity contribution in [2.24, 2.45) is 5.92 Å². The molecule has 0 saturated heterocycles. The number of thioether (sulfide) groups is 1. The summed E-state index contributed by atoms with van der Waals surface area (Å²) in [5, 5.41) is 0. The molecule has 1 aliphatic rings. The van der Waals surface area contributed by atoms with Crippen LogP contribution in [0.25, 0.3) is 0 Å². The van der Waals surface area contributed by atoms with E-state index in [4.69, 9.17) is 0 Å². The molecule has 1 saturated carbocycles. The Morgan fingerprint density at radius 2 is 2.33 bits per heavy atom. The highest BCUT2D eigenvalue weighted by atomic mass is 32.2. The Kier molecular flexibility index (Phi) is 3.77. The van der Waals surface area contributed by atoms with Gasteiger partial charge in [0.15, 0.2) is 0 Å². The summed E-state index contributed by atoms with van der Waals surface area (Å²) in [5.74, 6) is 0.697. The lowest BCUT2D eigenvalue weighted by Crippen LogP contribution is -2.19. The molecule has 0 N–H and O–H groups in total. The summed E-state index contributed by atoms with van der Waals surface area (Å²) in [4.78, 5) is 11.0. The molecule has 0 aromatic heterocycles. The second-order valence-corrected chi connectivity index (χ2v) is 5.93. The smallest absolute Gasteiger partial charge is 0.133 e. The van der Waals surface area contributed by atoms with E-state index in [1.54, 1.807) is 18.0 Å². The third kappa shape index (κ3) is 2.33. The molecule has 0 aliphatic heterocycles. The lowest BCUT2D eigenvalue weighted by atomic mass is 10.1. The molecule has 3 atom stereocenters. The average molecular weight is 206 g/mol. The molecule has 3 unspecified atom stereocenters. The van der Waals surface area contributed by atoms with Gasteiger partial charge in [-0.25, -0.2) is 0 Å². The van der Waals surface area contributed by atoms with Crippen LogP contribution in [0, 0.1) is 5.92 Å². The van der Waals surface area contributed by atoms with Crippen molar-refractivity contribution in [3.8, 4) is 0 Å². The molecular formula is C8H14O2S2. The van der Waals surface area contributed by atoms with Crippen molar-refractivity contribution in [3.05, 3.63) is 0 Å². The van der Waals surface area contributed by atoms with Crippen molar-refractivity contribution < 1.29 is 9.00 Å². The monoisotopic (exact) mass is 206 g/mol. The van der Waals surface area contributed by atoms with E-state index in [1.165, 1.54) is 0 Å². The topological polar surface area (TPSA) is 34.1 Å². The van der Waals surface area contributed by atoms with Gasteiger partial charge in [-0.15, -0.1) is 11.8 Å². The second-order valence-electron chi connectivity index (χ2n) is 3.14. The molecule has 0 aromatic carbocycles. The van der Waals surface area contributed by atoms with Gasteiger partial charge < -0.3 is 0 Å². The van der Waals surface area contributed by atoms with Gasteiger partial charge in [-0.3, -0.25) is 9.00 Å². The van der Waals surface area contributed by atoms with Crippen LogP contribution in [-0.4, -0.2) is 27.1 Å². The maximum Gasteiger partial charge on any atom is 0.133 e. The van der Waals surface area contributed by atoms with Crippen LogP contribution in [0.4, 0.5) is 0 Å². The molecule has 12 heavy (non-hydrogen) atoms. The molecule has 0 bridgehead atoms. The first kappa shape index (κ1) is 10.3. The number of ketones is 1. The van der Waals surface area contributed by atoms with Crippen molar-refractivity contribution in [1.29, 1.82) is 0 Å². The van der Waals surface area contributed by atoms with E-state index < -0.39 is 10.8 Å². The first-order valence-electron chi connectivity index (χ1n) is 4.02. The maximum atomic E-state index is 11.2. The molecule has 0 spiro atoms. The Balaban J connectivity index is 2.55. The number of carbonyl (C=O) groups excluding carboxylic acids is 1. The minimum atomic E-state index is -0.797. The Labute approximate surface area is 79.9 Å². The molecule has 1 fully saturated rings. The molecule has 0 aromatic rings. The van der Waals surface area contributed by atoms with E-state index in [2.05, 4.69) is 0 Å². The van der Waals surface area contributed by atoms with E-state index in [1.807, 2.05) is 6.26 Å². The zero-order valence-electron chi connectivity index (χ0n) is 7.41. The highest BCUT2D eigenvalue weighted by molar-refractivity contribution is 8.10. The van der Waals surface area contributed by atoms with Crippen molar-refractivity contribution in [3.63, 3.8) is 0 Å². The molecule has 1 aliphatic carbocycles. The second kappa shape index (κ2) is 4.42. The minimum absolute atomic E-state index is 0.163. The fourth-order valence-corrected chi connectivity index (χ4v) is 4.15. The first-order chi connectivity index (χ1) is 5.65. The third-order valence-electron chi connectivity index (χ3n) is 2.23. The van der Waals surface area contributed by atoms with Gasteiger partial charge in [0.05, 0.1) is 4.58 Å². The minimum Gasteiger partial charge on any atom is -0.300 e. The Bertz CT molecular complexity index is 203. The molecule has 4 heteroatoms. The summed E-state index contributed by atoms with van der Waals surface area (Å²) in [5.41, 5.74) is 0. The highest BCUT2D eigenvalue weighted by Crippen LogP contribution is 2.32. The molecular weight excluding hydrogens is 192 g/mol. The maximum absolute atomic E-state index is 11.2. The summed E-state index contributed by atoms with van der Waals surface area (Å²) >= 11 is 1.62. The molecule has 0 heterocycles. The number of hydrogen-bond acceptors (Lipinski definition) is 3. The van der Waals surface area contributed by atoms with Crippen LogP contribution in [0.3, 0.4) is 0 Å². The van der Waals surface area contributed by atoms with Crippen molar-refractivity contribution >= 4 is 28.3 Å². The summed E-state index contributed by atoms with van der Waals surface area (Å²) in [6.45, 7) is 0. The van der Waals surface area contributed by atoms with Gasteiger partial charge in [-0.05, 0) is 18.6 Å². The summed E-state index contributed by atoms with van der Waals surface area (Å²) in [6, 6.07) is 0. The van der Waals surface area contributed by atoms with Gasteiger partial charge in [0.1, 0.15) is 5.78 Å². The van der Waals surface area contributed by atoms with Crippen LogP contribution in [-0.2, 0) is 15.6 Å². The fourth-order valence-electron chi connectivity index (χ4n) is 1.67. The van der Waals surface area contributed by atoms with E-state index in [0.717, 1.165) is 6.42 Å². The normalized spacial score (nSPS) is 28.8. The van der Waals surface area contributed by atoms with E-state index in [-0.39, 0.29) is 4.58 Å². The SMILES string of the molecule is CSC(C1CCC(=O)C1)S(C)=O. The highest BCUT2D eigenvalue weighted by Gasteiger charge is 2.30. The van der Waals surface area contributed by atoms with Crippen molar-refractivity contribution in [2.45, 2.75) is 23.8 Å². The number of hydrogen-bond donors (Lipinski definition) is 0. The van der Waals surface area contributed by atoms with E-state index in [0.29, 0.717) is 24.5 Å². The number of carbonyl (C=O) groups is 1. The van der Waals surface area contributed by atoms with Gasteiger partial charge in [0.2, 0.25) is 0 Å². The standard InChI is InChI=1S/C8H14O2S2/c1-11-8(12(2)10)6-3-4-7(9)5-6/h6,8H,3-5H2,1-2H3. The van der Waals surface area contributed by atoms with Gasteiger partial charge in [0, 0.05) is 29.9 Å². The fraction of sp³-hybridized carbons (Fsp3) is 0.875. The van der Waals surface area contributed by atoms with Crippen LogP contribution in [0.5, 0.6) is 0 Å². The summed E-state index contributed by atoms with van der Waals surface area (Å²) in [7, 11) is -0.797. The van der Waals surface area contributed by atoms with Gasteiger partial charge in [-0.2, -0.15) is 0 Å². The van der Waals surface area contributed by atoms with Crippen LogP contribution < -0.4 is 0 Å². The van der Waals surface area contributed by atoms with Gasteiger partial charge in [0.25, 0.3) is 0 Å². The van der Waals surface area contributed by atoms with Gasteiger partial charge in [-0.1, -0.05) is 0 Å². The van der Waals surface area contributed by atoms with E-state index >= 15 is 0 Å². The van der Waals surface area contributed by atoms with Crippen molar-refractivity contribution in [2.75, 3.05) is 12.5 Å². The molecule has 1 rings (SSSR count).